The maximum Gasteiger partial charge on any atom is 0.472 e. The number of phosphoric acid groups is 1. The summed E-state index contributed by atoms with van der Waals surface area (Å²) < 4.78 is 34.7. The molecule has 1 N–H and O–H groups in total. The number of phosphoric ester groups is 1. The van der Waals surface area contributed by atoms with Crippen molar-refractivity contribution in [2.45, 2.75) is 206 Å². The minimum atomic E-state index is -4.29. The van der Waals surface area contributed by atoms with E-state index < -0.39 is 13.9 Å². The van der Waals surface area contributed by atoms with Gasteiger partial charge in [-0.1, -0.05) is 161 Å². The van der Waals surface area contributed by atoms with Gasteiger partial charge >= 0.3 is 13.8 Å². The summed E-state index contributed by atoms with van der Waals surface area (Å²) in [6.45, 7) is 4.92. The first-order valence-electron chi connectivity index (χ1n) is 22.1. The molecule has 0 rings (SSSR count). The van der Waals surface area contributed by atoms with E-state index in [1.165, 1.54) is 135 Å². The van der Waals surface area contributed by atoms with Crippen molar-refractivity contribution >= 4 is 13.8 Å². The lowest BCUT2D eigenvalue weighted by Gasteiger charge is -2.24. The van der Waals surface area contributed by atoms with E-state index in [4.69, 9.17) is 18.5 Å². The molecule has 0 saturated carbocycles. The third kappa shape index (κ3) is 41.8. The summed E-state index contributed by atoms with van der Waals surface area (Å²) in [5.74, 6) is -0.343. The Labute approximate surface area is 328 Å². The number of quaternary nitrogens is 1. The number of hydrogen-bond acceptors (Lipinski definition) is 6. The largest absolute Gasteiger partial charge is 0.498 e. The van der Waals surface area contributed by atoms with Crippen molar-refractivity contribution < 1.29 is 37.3 Å². The van der Waals surface area contributed by atoms with Gasteiger partial charge in [-0.25, -0.2) is 4.57 Å². The molecule has 0 aromatic carbocycles. The number of allylic oxidation sites excluding steroid dienone is 3. The molecule has 0 fully saturated rings. The van der Waals surface area contributed by atoms with Crippen LogP contribution in [0, 0.1) is 0 Å². The maximum atomic E-state index is 12.6. The Morgan fingerprint density at radius 1 is 0.585 bits per heavy atom. The molecule has 0 heterocycles. The van der Waals surface area contributed by atoms with Gasteiger partial charge in [0, 0.05) is 6.42 Å². The quantitative estimate of drug-likeness (QED) is 0.0165. The second-order valence-corrected chi connectivity index (χ2v) is 17.6. The van der Waals surface area contributed by atoms with Crippen molar-refractivity contribution in [3.63, 3.8) is 0 Å². The van der Waals surface area contributed by atoms with Gasteiger partial charge in [0.05, 0.1) is 34.0 Å². The summed E-state index contributed by atoms with van der Waals surface area (Å²) in [4.78, 5) is 22.8. The Bertz CT molecular complexity index is 905. The molecule has 0 saturated heterocycles. The van der Waals surface area contributed by atoms with Crippen LogP contribution >= 0.6 is 7.82 Å². The van der Waals surface area contributed by atoms with Crippen LogP contribution in [0.5, 0.6) is 0 Å². The van der Waals surface area contributed by atoms with Crippen molar-refractivity contribution in [1.82, 2.24) is 0 Å². The Morgan fingerprint density at radius 2 is 1.00 bits per heavy atom. The van der Waals surface area contributed by atoms with E-state index in [0.29, 0.717) is 17.4 Å². The number of hydrogen-bond donors (Lipinski definition) is 1. The highest BCUT2D eigenvalue weighted by Crippen LogP contribution is 2.43. The van der Waals surface area contributed by atoms with Crippen LogP contribution in [0.15, 0.2) is 24.5 Å². The number of ether oxygens (including phenoxy) is 2. The normalized spacial score (nSPS) is 13.9. The van der Waals surface area contributed by atoms with E-state index in [1.807, 2.05) is 27.2 Å². The number of carbonyl (C=O) groups excluding carboxylic acids is 1. The Balaban J connectivity index is 4.25. The van der Waals surface area contributed by atoms with Gasteiger partial charge in [-0.2, -0.15) is 0 Å². The number of nitrogens with zero attached hydrogens (tertiary/aromatic N) is 1. The SMILES string of the molecule is CCCCCC/C=C/CCCCCCCC(=O)O[C@H](CO/C=C/CCCCCCCCCCCCCCCCCC)COP(=O)(O)OCC[N+](C)(C)C. The van der Waals surface area contributed by atoms with Gasteiger partial charge in [-0.05, 0) is 51.0 Å². The highest BCUT2D eigenvalue weighted by Gasteiger charge is 2.26. The molecule has 0 spiro atoms. The van der Waals surface area contributed by atoms with Crippen LogP contribution in [0.2, 0.25) is 0 Å². The topological polar surface area (TPSA) is 91.3 Å². The number of esters is 1. The fraction of sp³-hybridized carbons (Fsp3) is 0.886. The van der Waals surface area contributed by atoms with Crippen LogP contribution in [0.4, 0.5) is 0 Å². The number of likely N-dealkylation sites (N-methyl/N-ethyl adjacent to an activating group) is 1. The van der Waals surface area contributed by atoms with Crippen LogP contribution in [0.3, 0.4) is 0 Å². The van der Waals surface area contributed by atoms with Gasteiger partial charge < -0.3 is 18.9 Å². The first-order chi connectivity index (χ1) is 25.6. The van der Waals surface area contributed by atoms with Crippen LogP contribution in [0.25, 0.3) is 0 Å². The molecule has 0 amide bonds. The first kappa shape index (κ1) is 51.8. The second-order valence-electron chi connectivity index (χ2n) is 16.1. The molecule has 9 heteroatoms. The van der Waals surface area contributed by atoms with Crippen molar-refractivity contribution in [3.05, 3.63) is 24.5 Å². The molecule has 0 radical (unpaired) electrons. The average Bonchev–Trinajstić information content (AvgIpc) is 3.11. The molecule has 0 bridgehead atoms. The predicted octanol–water partition coefficient (Wildman–Crippen LogP) is 13.2. The Hall–Kier alpha value is -1.18. The number of unbranched alkanes of at least 4 members (excludes halogenated alkanes) is 25. The van der Waals surface area contributed by atoms with E-state index in [1.54, 1.807) is 6.26 Å². The fourth-order valence-electron chi connectivity index (χ4n) is 6.10. The van der Waals surface area contributed by atoms with Crippen molar-refractivity contribution in [3.8, 4) is 0 Å². The van der Waals surface area contributed by atoms with Gasteiger partial charge in [-0.15, -0.1) is 0 Å². The molecule has 0 aliphatic carbocycles. The maximum absolute atomic E-state index is 12.6. The molecule has 0 aliphatic heterocycles. The van der Waals surface area contributed by atoms with Crippen molar-refractivity contribution in [2.24, 2.45) is 0 Å². The summed E-state index contributed by atoms with van der Waals surface area (Å²) in [7, 11) is 1.64. The van der Waals surface area contributed by atoms with E-state index >= 15 is 0 Å². The zero-order valence-corrected chi connectivity index (χ0v) is 36.4. The predicted molar refractivity (Wildman–Crippen MR) is 224 cm³/mol. The average molecular weight is 773 g/mol. The second kappa shape index (κ2) is 37.7. The van der Waals surface area contributed by atoms with Crippen LogP contribution in [-0.4, -0.2) is 69.0 Å². The smallest absolute Gasteiger partial charge is 0.472 e. The van der Waals surface area contributed by atoms with Crippen molar-refractivity contribution in [1.29, 1.82) is 0 Å². The standard InChI is InChI=1S/C44H86NO7P/c1-6-8-10-12-14-16-18-20-21-22-23-24-26-28-30-32-34-36-39-49-41-43(42-51-53(47,48)50-40-38-45(3,4)5)52-44(46)37-35-33-31-29-27-25-19-17-15-13-11-9-7-2/h17,19,36,39,43H,6-16,18,20-35,37-38,40-42H2,1-5H3/p+1/b19-17+,39-36+/t43-/m1/s1. The molecule has 0 aliphatic rings. The first-order valence-corrected chi connectivity index (χ1v) is 23.6. The molecule has 0 aromatic heterocycles. The zero-order valence-electron chi connectivity index (χ0n) is 35.5. The lowest BCUT2D eigenvalue weighted by Crippen LogP contribution is -2.37. The highest BCUT2D eigenvalue weighted by molar-refractivity contribution is 7.47. The summed E-state index contributed by atoms with van der Waals surface area (Å²) in [5.41, 5.74) is 0. The Kier molecular flexibility index (Phi) is 36.9. The van der Waals surface area contributed by atoms with E-state index in [0.717, 1.165) is 44.9 Å². The lowest BCUT2D eigenvalue weighted by molar-refractivity contribution is -0.870. The summed E-state index contributed by atoms with van der Waals surface area (Å²) >= 11 is 0. The molecule has 1 unspecified atom stereocenters. The summed E-state index contributed by atoms with van der Waals surface area (Å²) in [6, 6.07) is 0. The summed E-state index contributed by atoms with van der Waals surface area (Å²) in [5, 5.41) is 0. The minimum Gasteiger partial charge on any atom is -0.498 e. The van der Waals surface area contributed by atoms with Gasteiger partial charge in [-0.3, -0.25) is 13.8 Å². The molecule has 8 nitrogen and oxygen atoms in total. The third-order valence-corrected chi connectivity index (χ3v) is 10.6. The number of rotatable bonds is 41. The Morgan fingerprint density at radius 3 is 1.47 bits per heavy atom. The third-order valence-electron chi connectivity index (χ3n) is 9.58. The van der Waals surface area contributed by atoms with Crippen molar-refractivity contribution in [2.75, 3.05) is 47.5 Å². The molecule has 53 heavy (non-hydrogen) atoms. The fourth-order valence-corrected chi connectivity index (χ4v) is 6.84. The van der Waals surface area contributed by atoms with E-state index in [2.05, 4.69) is 26.0 Å². The van der Waals surface area contributed by atoms with Crippen LogP contribution in [0.1, 0.15) is 200 Å². The zero-order chi connectivity index (χ0) is 39.1. The number of carbonyl (C=O) groups is 1. The molecule has 314 valence electrons. The highest BCUT2D eigenvalue weighted by atomic mass is 31.2. The summed E-state index contributed by atoms with van der Waals surface area (Å²) in [6.07, 6.45) is 43.1. The van der Waals surface area contributed by atoms with Gasteiger partial charge in [0.25, 0.3) is 0 Å². The molecular weight excluding hydrogens is 685 g/mol. The monoisotopic (exact) mass is 773 g/mol. The van der Waals surface area contributed by atoms with E-state index in [9.17, 15) is 14.3 Å². The van der Waals surface area contributed by atoms with Gasteiger partial charge in [0.1, 0.15) is 19.8 Å². The lowest BCUT2D eigenvalue weighted by atomic mass is 10.0. The van der Waals surface area contributed by atoms with E-state index in [-0.39, 0.29) is 25.8 Å². The molecular formula is C44H87NO7P+. The molecule has 2 atom stereocenters. The molecule has 0 aromatic rings. The van der Waals surface area contributed by atoms with Crippen LogP contribution < -0.4 is 0 Å². The van der Waals surface area contributed by atoms with Gasteiger partial charge in [0.2, 0.25) is 0 Å². The minimum absolute atomic E-state index is 0.0478. The van der Waals surface area contributed by atoms with Crippen LogP contribution in [-0.2, 0) is 27.9 Å². The van der Waals surface area contributed by atoms with Gasteiger partial charge in [0.15, 0.2) is 6.10 Å².